The lowest BCUT2D eigenvalue weighted by atomic mass is 9.81. The van der Waals surface area contributed by atoms with E-state index in [1.807, 2.05) is 16.9 Å². The SMILES string of the molecule is Nc1cc(C(CCC(c2ccccc2)c2ccccc2)c2cnn(Cc3ccc4c(c3)CCNC4)c2)c2n[nH]nc2n1. The van der Waals surface area contributed by atoms with E-state index in [4.69, 9.17) is 10.8 Å². The molecule has 4 heterocycles. The highest BCUT2D eigenvalue weighted by molar-refractivity contribution is 5.77. The molecular formula is C34H34N8. The van der Waals surface area contributed by atoms with Gasteiger partial charge in [-0.3, -0.25) is 4.68 Å². The van der Waals surface area contributed by atoms with Crippen molar-refractivity contribution in [1.82, 2.24) is 35.5 Å². The number of benzene rings is 3. The van der Waals surface area contributed by atoms with Crippen LogP contribution >= 0.6 is 0 Å². The van der Waals surface area contributed by atoms with E-state index in [2.05, 4.69) is 111 Å². The van der Waals surface area contributed by atoms with Crippen molar-refractivity contribution < 1.29 is 0 Å². The van der Waals surface area contributed by atoms with Gasteiger partial charge in [0.1, 0.15) is 11.3 Å². The van der Waals surface area contributed by atoms with Crippen LogP contribution in [0.2, 0.25) is 0 Å². The summed E-state index contributed by atoms with van der Waals surface area (Å²) in [6.07, 6.45) is 7.04. The van der Waals surface area contributed by atoms with Crippen LogP contribution in [0.25, 0.3) is 11.2 Å². The van der Waals surface area contributed by atoms with Crippen LogP contribution in [0.1, 0.15) is 63.6 Å². The minimum atomic E-state index is 0.0150. The molecule has 0 aliphatic carbocycles. The number of anilines is 1. The van der Waals surface area contributed by atoms with Crippen molar-refractivity contribution in [3.8, 4) is 0 Å². The van der Waals surface area contributed by atoms with Crippen molar-refractivity contribution in [3.63, 3.8) is 0 Å². The Balaban J connectivity index is 1.22. The molecule has 0 amide bonds. The first-order valence-electron chi connectivity index (χ1n) is 14.6. The van der Waals surface area contributed by atoms with Gasteiger partial charge >= 0.3 is 0 Å². The minimum absolute atomic E-state index is 0.0150. The van der Waals surface area contributed by atoms with Gasteiger partial charge in [0.05, 0.1) is 12.7 Å². The number of nitrogen functional groups attached to an aromatic ring is 1. The molecule has 1 atom stereocenters. The molecule has 6 aromatic rings. The van der Waals surface area contributed by atoms with Crippen molar-refractivity contribution in [2.75, 3.05) is 12.3 Å². The quantitative estimate of drug-likeness (QED) is 0.216. The van der Waals surface area contributed by atoms with Gasteiger partial charge in [-0.15, -0.1) is 5.10 Å². The summed E-state index contributed by atoms with van der Waals surface area (Å²) in [4.78, 5) is 4.41. The average Bonchev–Trinajstić information content (AvgIpc) is 3.70. The van der Waals surface area contributed by atoms with E-state index in [0.717, 1.165) is 55.5 Å². The number of pyridine rings is 1. The van der Waals surface area contributed by atoms with Crippen molar-refractivity contribution in [1.29, 1.82) is 0 Å². The molecule has 1 aliphatic rings. The molecule has 42 heavy (non-hydrogen) atoms. The zero-order valence-electron chi connectivity index (χ0n) is 23.4. The first-order chi connectivity index (χ1) is 20.7. The number of hydrogen-bond donors (Lipinski definition) is 3. The van der Waals surface area contributed by atoms with Crippen LogP contribution in [0.15, 0.2) is 97.3 Å². The van der Waals surface area contributed by atoms with Crippen LogP contribution in [-0.4, -0.2) is 36.7 Å². The molecule has 7 rings (SSSR count). The molecule has 3 aromatic carbocycles. The highest BCUT2D eigenvalue weighted by Gasteiger charge is 2.24. The van der Waals surface area contributed by atoms with Gasteiger partial charge in [0.25, 0.3) is 0 Å². The van der Waals surface area contributed by atoms with Crippen LogP contribution in [0.4, 0.5) is 5.82 Å². The zero-order chi connectivity index (χ0) is 28.3. The normalized spacial score (nSPS) is 13.8. The fourth-order valence-electron chi connectivity index (χ4n) is 6.34. The van der Waals surface area contributed by atoms with Gasteiger partial charge in [-0.2, -0.15) is 15.4 Å². The molecule has 8 nitrogen and oxygen atoms in total. The molecule has 0 radical (unpaired) electrons. The number of fused-ring (bicyclic) bond motifs is 2. The standard InChI is InChI=1S/C34H34N8/c35-32-18-31(33-34(38-32)40-41-39-33)30(14-13-29(24-7-3-1-4-8-24)25-9-5-2-6-10-25)28-20-37-42(22-28)21-23-11-12-27-19-36-16-15-26(27)17-23/h1-12,17-18,20,22,29-30,36H,13-16,19,21H2,(H3,35,38,39,40,41). The minimum Gasteiger partial charge on any atom is -0.384 e. The number of nitrogens with one attached hydrogen (secondary N) is 2. The predicted molar refractivity (Wildman–Crippen MR) is 165 cm³/mol. The van der Waals surface area contributed by atoms with Crippen LogP contribution in [0.5, 0.6) is 0 Å². The molecule has 4 N–H and O–H groups in total. The van der Waals surface area contributed by atoms with Gasteiger partial charge in [0.2, 0.25) is 5.65 Å². The summed E-state index contributed by atoms with van der Waals surface area (Å²) in [6, 6.07) is 30.3. The van der Waals surface area contributed by atoms with Gasteiger partial charge in [0, 0.05) is 24.6 Å². The van der Waals surface area contributed by atoms with E-state index in [1.165, 1.54) is 27.8 Å². The Labute approximate surface area is 245 Å². The molecule has 0 spiro atoms. The number of aromatic amines is 1. The number of nitrogens with zero attached hydrogens (tertiary/aromatic N) is 5. The Morgan fingerprint density at radius 2 is 1.57 bits per heavy atom. The van der Waals surface area contributed by atoms with Crippen LogP contribution in [0, 0.1) is 0 Å². The third kappa shape index (κ3) is 5.41. The number of rotatable bonds is 9. The number of aromatic nitrogens is 6. The number of H-pyrrole nitrogens is 1. The molecule has 3 aromatic heterocycles. The second kappa shape index (κ2) is 11.6. The first kappa shape index (κ1) is 26.1. The maximum atomic E-state index is 6.28. The summed E-state index contributed by atoms with van der Waals surface area (Å²) in [7, 11) is 0. The number of hydrogen-bond acceptors (Lipinski definition) is 6. The second-order valence-corrected chi connectivity index (χ2v) is 11.1. The van der Waals surface area contributed by atoms with E-state index in [0.29, 0.717) is 11.5 Å². The third-order valence-electron chi connectivity index (χ3n) is 8.42. The molecule has 0 saturated carbocycles. The Morgan fingerprint density at radius 1 is 0.810 bits per heavy atom. The Hall–Kier alpha value is -4.82. The predicted octanol–water partition coefficient (Wildman–Crippen LogP) is 5.57. The van der Waals surface area contributed by atoms with Crippen LogP contribution in [-0.2, 0) is 19.5 Å². The summed E-state index contributed by atoms with van der Waals surface area (Å²) in [5.74, 6) is 0.707. The van der Waals surface area contributed by atoms with Gasteiger partial charge < -0.3 is 11.1 Å². The molecular weight excluding hydrogens is 520 g/mol. The maximum Gasteiger partial charge on any atom is 0.203 e. The summed E-state index contributed by atoms with van der Waals surface area (Å²) in [5, 5.41) is 19.7. The lowest BCUT2D eigenvalue weighted by Gasteiger charge is -2.22. The van der Waals surface area contributed by atoms with Crippen LogP contribution in [0.3, 0.4) is 0 Å². The molecule has 1 unspecified atom stereocenters. The average molecular weight is 555 g/mol. The number of nitrogens with two attached hydrogens (primary N) is 1. The summed E-state index contributed by atoms with van der Waals surface area (Å²) >= 11 is 0. The molecule has 210 valence electrons. The van der Waals surface area contributed by atoms with Crippen LogP contribution < -0.4 is 11.1 Å². The highest BCUT2D eigenvalue weighted by Crippen LogP contribution is 2.38. The Bertz CT molecular complexity index is 1750. The molecule has 0 bridgehead atoms. The Kier molecular flexibility index (Phi) is 7.20. The molecule has 1 aliphatic heterocycles. The van der Waals surface area contributed by atoms with Gasteiger partial charge in [-0.1, -0.05) is 78.9 Å². The largest absolute Gasteiger partial charge is 0.384 e. The topological polar surface area (TPSA) is 110 Å². The van der Waals surface area contributed by atoms with Gasteiger partial charge in [-0.05, 0) is 70.8 Å². The van der Waals surface area contributed by atoms with Crippen molar-refractivity contribution in [2.24, 2.45) is 0 Å². The van der Waals surface area contributed by atoms with Crippen molar-refractivity contribution in [3.05, 3.63) is 136 Å². The van der Waals surface area contributed by atoms with Gasteiger partial charge in [-0.25, -0.2) is 4.98 Å². The first-order valence-corrected chi connectivity index (χ1v) is 14.6. The zero-order valence-corrected chi connectivity index (χ0v) is 23.4. The second-order valence-electron chi connectivity index (χ2n) is 11.1. The van der Waals surface area contributed by atoms with Gasteiger partial charge in [0.15, 0.2) is 0 Å². The lowest BCUT2D eigenvalue weighted by molar-refractivity contribution is 0.612. The van der Waals surface area contributed by atoms with E-state index >= 15 is 0 Å². The van der Waals surface area contributed by atoms with E-state index in [-0.39, 0.29) is 11.8 Å². The Morgan fingerprint density at radius 3 is 2.36 bits per heavy atom. The summed E-state index contributed by atoms with van der Waals surface area (Å²) in [5.41, 5.74) is 16.4. The summed E-state index contributed by atoms with van der Waals surface area (Å²) < 4.78 is 2.04. The molecule has 0 fully saturated rings. The fraction of sp³-hybridized carbons (Fsp3) is 0.235. The molecule has 0 saturated heterocycles. The summed E-state index contributed by atoms with van der Waals surface area (Å²) in [6.45, 7) is 2.70. The van der Waals surface area contributed by atoms with E-state index < -0.39 is 0 Å². The highest BCUT2D eigenvalue weighted by atomic mass is 15.3. The third-order valence-corrected chi connectivity index (χ3v) is 8.42. The van der Waals surface area contributed by atoms with E-state index in [1.54, 1.807) is 0 Å². The molecule has 8 heteroatoms. The lowest BCUT2D eigenvalue weighted by Crippen LogP contribution is -2.23. The fourth-order valence-corrected chi connectivity index (χ4v) is 6.34. The van der Waals surface area contributed by atoms with Crippen molar-refractivity contribution >= 4 is 17.0 Å². The monoisotopic (exact) mass is 554 g/mol. The van der Waals surface area contributed by atoms with Crippen molar-refractivity contribution in [2.45, 2.75) is 44.2 Å². The van der Waals surface area contributed by atoms with E-state index in [9.17, 15) is 0 Å². The maximum absolute atomic E-state index is 6.28. The smallest absolute Gasteiger partial charge is 0.203 e.